The van der Waals surface area contributed by atoms with Crippen molar-refractivity contribution in [1.29, 1.82) is 0 Å². The Morgan fingerprint density at radius 1 is 1.07 bits per heavy atom. The number of benzene rings is 1. The van der Waals surface area contributed by atoms with E-state index >= 15 is 0 Å². The number of hydrogen-bond acceptors (Lipinski definition) is 5. The molecule has 3 rings (SSSR count). The number of halogens is 2. The fourth-order valence-electron chi connectivity index (χ4n) is 2.50. The van der Waals surface area contributed by atoms with Crippen LogP contribution in [0.15, 0.2) is 72.2 Å². The molecule has 6 N–H and O–H groups in total. The van der Waals surface area contributed by atoms with E-state index in [0.717, 1.165) is 6.20 Å². The molecule has 0 bridgehead atoms. The van der Waals surface area contributed by atoms with E-state index < -0.39 is 11.8 Å². The second-order valence-corrected chi connectivity index (χ2v) is 6.38. The number of anilines is 1. The number of carbonyl (C=O) groups excluding carboxylic acids is 1. The SMILES string of the molecule is N/C(=C(\N=C(/N)NC(=O)Nc1cccc(Cl)c1)c1cccnc1)c1ccncc1F. The summed E-state index contributed by atoms with van der Waals surface area (Å²) in [6, 6.07) is 10.7. The molecule has 8 nitrogen and oxygen atoms in total. The third-order valence-electron chi connectivity index (χ3n) is 3.81. The highest BCUT2D eigenvalue weighted by Gasteiger charge is 2.14. The smallest absolute Gasteiger partial charge is 0.325 e. The molecule has 2 amide bonds. The van der Waals surface area contributed by atoms with Crippen LogP contribution in [0.1, 0.15) is 11.1 Å². The fourth-order valence-corrected chi connectivity index (χ4v) is 2.69. The molecular weight excluding hydrogens is 409 g/mol. The van der Waals surface area contributed by atoms with E-state index in [1.807, 2.05) is 0 Å². The van der Waals surface area contributed by atoms with Gasteiger partial charge in [0.2, 0.25) is 5.96 Å². The highest BCUT2D eigenvalue weighted by Crippen LogP contribution is 2.24. The Hall–Kier alpha value is -3.98. The third kappa shape index (κ3) is 5.30. The van der Waals surface area contributed by atoms with Crippen LogP contribution in [0.5, 0.6) is 0 Å². The molecule has 0 aliphatic carbocycles. The number of amides is 2. The van der Waals surface area contributed by atoms with Gasteiger partial charge >= 0.3 is 6.03 Å². The van der Waals surface area contributed by atoms with Crippen molar-refractivity contribution in [3.8, 4) is 0 Å². The molecule has 0 saturated carbocycles. The van der Waals surface area contributed by atoms with Gasteiger partial charge in [0, 0.05) is 40.4 Å². The monoisotopic (exact) mass is 425 g/mol. The standard InChI is InChI=1S/C20H17ClFN7O/c21-13-4-1-5-14(9-13)27-20(30)29-19(24)28-18(12-3-2-7-25-10-12)17(23)15-6-8-26-11-16(15)22/h1-11H,23H2,(H4,24,27,28,29,30)/b18-17-. The summed E-state index contributed by atoms with van der Waals surface area (Å²) in [5.41, 5.74) is 13.2. The van der Waals surface area contributed by atoms with E-state index in [1.165, 1.54) is 18.5 Å². The molecule has 0 saturated heterocycles. The number of rotatable bonds is 4. The van der Waals surface area contributed by atoms with Gasteiger partial charge < -0.3 is 16.8 Å². The Morgan fingerprint density at radius 3 is 2.57 bits per heavy atom. The second kappa shape index (κ2) is 9.48. The zero-order chi connectivity index (χ0) is 21.5. The van der Waals surface area contributed by atoms with E-state index in [2.05, 4.69) is 25.6 Å². The number of nitrogens with zero attached hydrogens (tertiary/aromatic N) is 3. The Bertz CT molecular complexity index is 1120. The van der Waals surface area contributed by atoms with Gasteiger partial charge in [-0.25, -0.2) is 14.2 Å². The zero-order valence-corrected chi connectivity index (χ0v) is 16.3. The first kappa shape index (κ1) is 20.7. The van der Waals surface area contributed by atoms with Crippen molar-refractivity contribution in [2.24, 2.45) is 16.5 Å². The molecule has 10 heteroatoms. The van der Waals surface area contributed by atoms with Crippen LogP contribution >= 0.6 is 11.6 Å². The first-order chi connectivity index (χ1) is 14.4. The number of carbonyl (C=O) groups is 1. The summed E-state index contributed by atoms with van der Waals surface area (Å²) in [6.45, 7) is 0. The van der Waals surface area contributed by atoms with Gasteiger partial charge in [0.15, 0.2) is 5.82 Å². The normalized spacial score (nSPS) is 12.1. The molecule has 0 atom stereocenters. The largest absolute Gasteiger partial charge is 0.396 e. The van der Waals surface area contributed by atoms with Crippen LogP contribution < -0.4 is 22.1 Å². The molecule has 152 valence electrons. The Balaban J connectivity index is 1.90. The van der Waals surface area contributed by atoms with E-state index in [-0.39, 0.29) is 22.9 Å². The zero-order valence-electron chi connectivity index (χ0n) is 15.5. The van der Waals surface area contributed by atoms with Gasteiger partial charge in [0.05, 0.1) is 17.6 Å². The lowest BCUT2D eigenvalue weighted by atomic mass is 10.1. The van der Waals surface area contributed by atoms with Crippen LogP contribution in [0.4, 0.5) is 14.9 Å². The fraction of sp³-hybridized carbons (Fsp3) is 0. The molecule has 0 aliphatic heterocycles. The predicted molar refractivity (Wildman–Crippen MR) is 115 cm³/mol. The number of aromatic nitrogens is 2. The van der Waals surface area contributed by atoms with Crippen molar-refractivity contribution in [2.45, 2.75) is 0 Å². The van der Waals surface area contributed by atoms with Gasteiger partial charge in [-0.1, -0.05) is 17.7 Å². The summed E-state index contributed by atoms with van der Waals surface area (Å²) < 4.78 is 14.2. The summed E-state index contributed by atoms with van der Waals surface area (Å²) in [6.07, 6.45) is 5.49. The topological polar surface area (TPSA) is 131 Å². The molecule has 0 unspecified atom stereocenters. The number of guanidine groups is 1. The number of urea groups is 1. The number of nitrogens with two attached hydrogens (primary N) is 2. The molecule has 3 aromatic rings. The van der Waals surface area contributed by atoms with Crippen LogP contribution in [0.2, 0.25) is 5.02 Å². The van der Waals surface area contributed by atoms with Crippen LogP contribution in [0.25, 0.3) is 11.4 Å². The number of hydrogen-bond donors (Lipinski definition) is 4. The lowest BCUT2D eigenvalue weighted by Gasteiger charge is -2.11. The molecule has 1 aromatic carbocycles. The highest BCUT2D eigenvalue weighted by atomic mass is 35.5. The molecule has 0 aliphatic rings. The summed E-state index contributed by atoms with van der Waals surface area (Å²) >= 11 is 5.90. The Labute approximate surface area is 176 Å². The summed E-state index contributed by atoms with van der Waals surface area (Å²) in [5, 5.41) is 5.42. The first-order valence-electron chi connectivity index (χ1n) is 8.62. The maximum Gasteiger partial charge on any atom is 0.325 e. The van der Waals surface area contributed by atoms with Gasteiger partial charge in [-0.2, -0.15) is 0 Å². The molecule has 2 aromatic heterocycles. The van der Waals surface area contributed by atoms with Gasteiger partial charge in [-0.3, -0.25) is 15.3 Å². The average Bonchev–Trinajstić information content (AvgIpc) is 2.72. The molecule has 0 fully saturated rings. The summed E-state index contributed by atoms with van der Waals surface area (Å²) in [7, 11) is 0. The van der Waals surface area contributed by atoms with E-state index in [4.69, 9.17) is 23.1 Å². The first-order valence-corrected chi connectivity index (χ1v) is 8.99. The molecule has 0 radical (unpaired) electrons. The van der Waals surface area contributed by atoms with Crippen LogP contribution in [-0.2, 0) is 0 Å². The molecule has 0 spiro atoms. The van der Waals surface area contributed by atoms with Gasteiger partial charge in [0.25, 0.3) is 0 Å². The molecular formula is C20H17ClFN7O. The van der Waals surface area contributed by atoms with Crippen LogP contribution in [0, 0.1) is 5.82 Å². The van der Waals surface area contributed by atoms with Gasteiger partial charge in [0.1, 0.15) is 0 Å². The number of nitrogens with one attached hydrogen (secondary N) is 2. The minimum Gasteiger partial charge on any atom is -0.396 e. The van der Waals surface area contributed by atoms with Crippen molar-refractivity contribution < 1.29 is 9.18 Å². The van der Waals surface area contributed by atoms with Crippen molar-refractivity contribution in [2.75, 3.05) is 5.32 Å². The Kier molecular flexibility index (Phi) is 6.56. The van der Waals surface area contributed by atoms with Crippen LogP contribution in [-0.4, -0.2) is 22.0 Å². The van der Waals surface area contributed by atoms with Gasteiger partial charge in [-0.05, 0) is 36.4 Å². The minimum absolute atomic E-state index is 0.00268. The number of pyridine rings is 2. The summed E-state index contributed by atoms with van der Waals surface area (Å²) in [4.78, 5) is 24.1. The van der Waals surface area contributed by atoms with E-state index in [0.29, 0.717) is 16.3 Å². The van der Waals surface area contributed by atoms with E-state index in [9.17, 15) is 9.18 Å². The predicted octanol–water partition coefficient (Wildman–Crippen LogP) is 3.19. The lowest BCUT2D eigenvalue weighted by molar-refractivity contribution is 0.256. The minimum atomic E-state index is -0.641. The van der Waals surface area contributed by atoms with Crippen molar-refractivity contribution >= 4 is 40.7 Å². The summed E-state index contributed by atoms with van der Waals surface area (Å²) in [5.74, 6) is -0.886. The van der Waals surface area contributed by atoms with Crippen molar-refractivity contribution in [3.63, 3.8) is 0 Å². The Morgan fingerprint density at radius 2 is 1.87 bits per heavy atom. The van der Waals surface area contributed by atoms with E-state index in [1.54, 1.807) is 42.6 Å². The second-order valence-electron chi connectivity index (χ2n) is 5.95. The van der Waals surface area contributed by atoms with Crippen molar-refractivity contribution in [1.82, 2.24) is 15.3 Å². The van der Waals surface area contributed by atoms with Crippen molar-refractivity contribution in [3.05, 3.63) is 89.2 Å². The molecule has 2 heterocycles. The van der Waals surface area contributed by atoms with Crippen LogP contribution in [0.3, 0.4) is 0 Å². The van der Waals surface area contributed by atoms with Gasteiger partial charge in [-0.15, -0.1) is 0 Å². The average molecular weight is 426 g/mol. The maximum absolute atomic E-state index is 14.2. The third-order valence-corrected chi connectivity index (χ3v) is 4.04. The number of aliphatic imine (C=N–C) groups is 1. The lowest BCUT2D eigenvalue weighted by Crippen LogP contribution is -2.39. The maximum atomic E-state index is 14.2. The quantitative estimate of drug-likeness (QED) is 0.376. The molecule has 30 heavy (non-hydrogen) atoms. The highest BCUT2D eigenvalue weighted by molar-refractivity contribution is 6.30.